The maximum absolute atomic E-state index is 11.7. The Morgan fingerprint density at radius 3 is 0.744 bits per heavy atom. The van der Waals surface area contributed by atoms with E-state index in [2.05, 4.69) is 13.8 Å². The van der Waals surface area contributed by atoms with Gasteiger partial charge in [0.1, 0.15) is 5.60 Å². The third kappa shape index (κ3) is 26.4. The molecule has 1 saturated heterocycles. The van der Waals surface area contributed by atoms with Crippen LogP contribution in [-0.4, -0.2) is 11.6 Å². The molecule has 0 radical (unpaired) electrons. The summed E-state index contributed by atoms with van der Waals surface area (Å²) in [4.78, 5) is 11.7. The molecule has 1 aliphatic rings. The van der Waals surface area contributed by atoms with Gasteiger partial charge in [-0.25, -0.2) is 0 Å². The van der Waals surface area contributed by atoms with E-state index in [1.165, 1.54) is 218 Å². The summed E-state index contributed by atoms with van der Waals surface area (Å²) in [5.74, 6) is 0.0406. The van der Waals surface area contributed by atoms with Crippen molar-refractivity contribution in [3.63, 3.8) is 0 Å². The number of carbonyl (C=O) groups excluding carboxylic acids is 1. The smallest absolute Gasteiger partial charge is 0.310 e. The van der Waals surface area contributed by atoms with E-state index >= 15 is 0 Å². The molecule has 0 aliphatic carbocycles. The van der Waals surface area contributed by atoms with Gasteiger partial charge in [0, 0.05) is 0 Å². The van der Waals surface area contributed by atoms with E-state index in [1.54, 1.807) is 0 Å². The van der Waals surface area contributed by atoms with Crippen LogP contribution in [0.2, 0.25) is 0 Å². The van der Waals surface area contributed by atoms with Gasteiger partial charge in [0.2, 0.25) is 0 Å². The minimum Gasteiger partial charge on any atom is -0.458 e. The van der Waals surface area contributed by atoms with Gasteiger partial charge in [-0.3, -0.25) is 4.79 Å². The number of ether oxygens (including phenoxy) is 1. The standard InChI is InChI=1S/C41H80O2/c1-3-5-7-9-11-13-15-17-19-21-22-24-26-28-30-32-34-36-38-41(39-40(42)43-41)37-35-33-31-29-27-25-23-20-18-16-14-12-10-8-6-4-2/h3-39H2,1-2H3. The molecule has 0 N–H and O–H groups in total. The Labute approximate surface area is 272 Å². The van der Waals surface area contributed by atoms with Gasteiger partial charge in [0.15, 0.2) is 0 Å². The minimum absolute atomic E-state index is 0.0406. The highest BCUT2D eigenvalue weighted by Crippen LogP contribution is 2.38. The molecule has 43 heavy (non-hydrogen) atoms. The van der Waals surface area contributed by atoms with Gasteiger partial charge in [-0.2, -0.15) is 0 Å². The van der Waals surface area contributed by atoms with E-state index in [0.717, 1.165) is 12.8 Å². The topological polar surface area (TPSA) is 26.3 Å². The molecule has 1 fully saturated rings. The van der Waals surface area contributed by atoms with E-state index in [9.17, 15) is 4.79 Å². The maximum Gasteiger partial charge on any atom is 0.310 e. The number of cyclic esters (lactones) is 1. The molecule has 0 aromatic heterocycles. The van der Waals surface area contributed by atoms with E-state index < -0.39 is 0 Å². The lowest BCUT2D eigenvalue weighted by Gasteiger charge is -2.41. The van der Waals surface area contributed by atoms with Crippen molar-refractivity contribution in [1.29, 1.82) is 0 Å². The monoisotopic (exact) mass is 605 g/mol. The average molecular weight is 605 g/mol. The first-order valence-electron chi connectivity index (χ1n) is 20.4. The first-order chi connectivity index (χ1) is 21.2. The fraction of sp³-hybridized carbons (Fsp3) is 0.976. The molecule has 0 aromatic carbocycles. The van der Waals surface area contributed by atoms with Crippen LogP contribution >= 0.6 is 0 Å². The molecule has 0 bridgehead atoms. The van der Waals surface area contributed by atoms with Crippen molar-refractivity contribution in [2.45, 2.75) is 257 Å². The second kappa shape index (κ2) is 31.5. The van der Waals surface area contributed by atoms with Crippen LogP contribution in [0, 0.1) is 0 Å². The van der Waals surface area contributed by atoms with Crippen LogP contribution in [0.5, 0.6) is 0 Å². The van der Waals surface area contributed by atoms with Crippen LogP contribution < -0.4 is 0 Å². The van der Waals surface area contributed by atoms with Gasteiger partial charge < -0.3 is 4.74 Å². The SMILES string of the molecule is CCCCCCCCCCCCCCCCCCCCC1(CCCCCCCCCCCCCCCCCC)CC(=O)O1. The van der Waals surface area contributed by atoms with E-state index in [1.807, 2.05) is 0 Å². The maximum atomic E-state index is 11.7. The molecule has 256 valence electrons. The zero-order chi connectivity index (χ0) is 30.9. The van der Waals surface area contributed by atoms with Crippen molar-refractivity contribution >= 4 is 5.97 Å². The molecule has 1 aliphatic heterocycles. The Hall–Kier alpha value is -0.530. The molecule has 0 amide bonds. The lowest BCUT2D eigenvalue weighted by Crippen LogP contribution is -2.47. The third-order valence-corrected chi connectivity index (χ3v) is 10.3. The van der Waals surface area contributed by atoms with E-state index in [0.29, 0.717) is 6.42 Å². The van der Waals surface area contributed by atoms with Gasteiger partial charge in [-0.15, -0.1) is 0 Å². The molecule has 0 saturated carbocycles. The van der Waals surface area contributed by atoms with Crippen LogP contribution in [0.1, 0.15) is 251 Å². The van der Waals surface area contributed by atoms with Crippen LogP contribution in [-0.2, 0) is 9.53 Å². The van der Waals surface area contributed by atoms with Gasteiger partial charge in [0.05, 0.1) is 6.42 Å². The van der Waals surface area contributed by atoms with Crippen molar-refractivity contribution in [2.24, 2.45) is 0 Å². The Kier molecular flexibility index (Phi) is 29.6. The molecule has 1 heterocycles. The van der Waals surface area contributed by atoms with Crippen LogP contribution in [0.25, 0.3) is 0 Å². The fourth-order valence-corrected chi connectivity index (χ4v) is 7.24. The lowest BCUT2D eigenvalue weighted by atomic mass is 9.83. The fourth-order valence-electron chi connectivity index (χ4n) is 7.24. The summed E-state index contributed by atoms with van der Waals surface area (Å²) in [7, 11) is 0. The normalized spacial score (nSPS) is 16.5. The molecule has 0 aromatic rings. The van der Waals surface area contributed by atoms with Crippen molar-refractivity contribution in [1.82, 2.24) is 0 Å². The number of esters is 1. The third-order valence-electron chi connectivity index (χ3n) is 10.3. The molecule has 2 nitrogen and oxygen atoms in total. The van der Waals surface area contributed by atoms with Crippen molar-refractivity contribution < 1.29 is 9.53 Å². The molecule has 0 spiro atoms. The molecule has 1 atom stereocenters. The highest BCUT2D eigenvalue weighted by atomic mass is 16.6. The average Bonchev–Trinajstić information content (AvgIpc) is 2.99. The van der Waals surface area contributed by atoms with Gasteiger partial charge in [-0.05, 0) is 25.7 Å². The zero-order valence-corrected chi connectivity index (χ0v) is 30.0. The van der Waals surface area contributed by atoms with Crippen LogP contribution in [0.4, 0.5) is 0 Å². The van der Waals surface area contributed by atoms with Crippen LogP contribution in [0.3, 0.4) is 0 Å². The summed E-state index contributed by atoms with van der Waals surface area (Å²) in [5, 5.41) is 0. The predicted molar refractivity (Wildman–Crippen MR) is 191 cm³/mol. The largest absolute Gasteiger partial charge is 0.458 e. The van der Waals surface area contributed by atoms with E-state index in [-0.39, 0.29) is 11.6 Å². The van der Waals surface area contributed by atoms with Crippen molar-refractivity contribution in [3.05, 3.63) is 0 Å². The first-order valence-corrected chi connectivity index (χ1v) is 20.4. The lowest BCUT2D eigenvalue weighted by molar-refractivity contribution is -0.194. The van der Waals surface area contributed by atoms with Gasteiger partial charge in [-0.1, -0.05) is 219 Å². The number of rotatable bonds is 36. The molecule has 1 unspecified atom stereocenters. The Morgan fingerprint density at radius 1 is 0.372 bits per heavy atom. The van der Waals surface area contributed by atoms with Crippen molar-refractivity contribution in [3.8, 4) is 0 Å². The number of hydrogen-bond donors (Lipinski definition) is 0. The van der Waals surface area contributed by atoms with Crippen LogP contribution in [0.15, 0.2) is 0 Å². The Bertz CT molecular complexity index is 562. The Morgan fingerprint density at radius 2 is 0.558 bits per heavy atom. The summed E-state index contributed by atoms with van der Waals surface area (Å²) in [5.41, 5.74) is -0.0812. The number of hydrogen-bond acceptors (Lipinski definition) is 2. The molecular weight excluding hydrogens is 524 g/mol. The summed E-state index contributed by atoms with van der Waals surface area (Å²) in [6.07, 6.45) is 51.0. The van der Waals surface area contributed by atoms with Gasteiger partial charge >= 0.3 is 5.97 Å². The summed E-state index contributed by atoms with van der Waals surface area (Å²) >= 11 is 0. The molecule has 2 heteroatoms. The second-order valence-electron chi connectivity index (χ2n) is 14.6. The first kappa shape index (κ1) is 40.5. The minimum atomic E-state index is -0.0812. The highest BCUT2D eigenvalue weighted by Gasteiger charge is 2.44. The zero-order valence-electron chi connectivity index (χ0n) is 30.0. The molecular formula is C41H80O2. The summed E-state index contributed by atoms with van der Waals surface area (Å²) in [6.45, 7) is 4.60. The number of carbonyl (C=O) groups is 1. The molecule has 1 rings (SSSR count). The van der Waals surface area contributed by atoms with Crippen molar-refractivity contribution in [2.75, 3.05) is 0 Å². The second-order valence-corrected chi connectivity index (χ2v) is 14.6. The van der Waals surface area contributed by atoms with E-state index in [4.69, 9.17) is 4.74 Å². The number of unbranched alkanes of at least 4 members (excludes halogenated alkanes) is 32. The quantitative estimate of drug-likeness (QED) is 0.0525. The predicted octanol–water partition coefficient (Wildman–Crippen LogP) is 14.8. The Balaban J connectivity index is 1.83. The van der Waals surface area contributed by atoms with Gasteiger partial charge in [0.25, 0.3) is 0 Å². The summed E-state index contributed by atoms with van der Waals surface area (Å²) in [6, 6.07) is 0. The summed E-state index contributed by atoms with van der Waals surface area (Å²) < 4.78 is 5.75. The highest BCUT2D eigenvalue weighted by molar-refractivity contribution is 5.76.